The minimum Gasteiger partial charge on any atom is -0.458 e. The van der Waals surface area contributed by atoms with E-state index in [0.717, 1.165) is 5.56 Å². The van der Waals surface area contributed by atoms with E-state index >= 15 is 0 Å². The van der Waals surface area contributed by atoms with Crippen LogP contribution in [0.3, 0.4) is 0 Å². The molecule has 108 valence electrons. The molecule has 0 unspecified atom stereocenters. The summed E-state index contributed by atoms with van der Waals surface area (Å²) in [6.45, 7) is 0.391. The first-order chi connectivity index (χ1) is 10.2. The average molecular weight is 351 g/mol. The first-order valence-electron chi connectivity index (χ1n) is 6.19. The fourth-order valence-corrected chi connectivity index (χ4v) is 2.12. The number of halogens is 1. The van der Waals surface area contributed by atoms with Crippen molar-refractivity contribution in [2.75, 3.05) is 6.79 Å². The topological polar surface area (TPSA) is 57.9 Å². The molecule has 0 amide bonds. The van der Waals surface area contributed by atoms with Crippen molar-refractivity contribution in [3.8, 4) is 11.5 Å². The number of rotatable bonds is 4. The smallest absolute Gasteiger partial charge is 0.331 e. The van der Waals surface area contributed by atoms with Gasteiger partial charge in [0.25, 0.3) is 0 Å². The first kappa shape index (κ1) is 13.8. The van der Waals surface area contributed by atoms with Gasteiger partial charge in [-0.15, -0.1) is 0 Å². The van der Waals surface area contributed by atoms with Crippen LogP contribution in [0.15, 0.2) is 45.5 Å². The molecule has 0 radical (unpaired) electrons. The van der Waals surface area contributed by atoms with E-state index in [0.29, 0.717) is 21.9 Å². The second-order valence-electron chi connectivity index (χ2n) is 4.27. The number of benzene rings is 1. The SMILES string of the molecule is O=C(/C=C/c1ccc(Br)o1)OCc1ccc2c(c1)OCO2. The van der Waals surface area contributed by atoms with Crippen molar-refractivity contribution < 1.29 is 23.4 Å². The molecular weight excluding hydrogens is 340 g/mol. The largest absolute Gasteiger partial charge is 0.458 e. The van der Waals surface area contributed by atoms with Gasteiger partial charge in [0.2, 0.25) is 6.79 Å². The molecule has 2 aromatic rings. The fraction of sp³-hybridized carbons (Fsp3) is 0.133. The van der Waals surface area contributed by atoms with E-state index in [1.54, 1.807) is 30.3 Å². The Bertz CT molecular complexity index is 689. The summed E-state index contributed by atoms with van der Waals surface area (Å²) in [4.78, 5) is 11.6. The number of fused-ring (bicyclic) bond motifs is 1. The van der Waals surface area contributed by atoms with Crippen molar-refractivity contribution in [3.05, 3.63) is 52.4 Å². The average Bonchev–Trinajstić information content (AvgIpc) is 3.10. The number of hydrogen-bond donors (Lipinski definition) is 0. The summed E-state index contributed by atoms with van der Waals surface area (Å²) < 4.78 is 21.5. The number of carbonyl (C=O) groups is 1. The number of carbonyl (C=O) groups excluding carboxylic acids is 1. The van der Waals surface area contributed by atoms with Gasteiger partial charge in [-0.3, -0.25) is 0 Å². The molecule has 0 fully saturated rings. The van der Waals surface area contributed by atoms with Gasteiger partial charge >= 0.3 is 5.97 Å². The molecule has 0 saturated heterocycles. The van der Waals surface area contributed by atoms with Gasteiger partial charge in [0.15, 0.2) is 16.2 Å². The van der Waals surface area contributed by atoms with Crippen LogP contribution in [0.25, 0.3) is 6.08 Å². The Balaban J connectivity index is 1.55. The predicted octanol–water partition coefficient (Wildman–Crippen LogP) is 3.53. The molecule has 0 spiro atoms. The summed E-state index contributed by atoms with van der Waals surface area (Å²) >= 11 is 3.19. The van der Waals surface area contributed by atoms with Crippen LogP contribution in [-0.2, 0) is 16.1 Å². The maximum Gasteiger partial charge on any atom is 0.331 e. The lowest BCUT2D eigenvalue weighted by Gasteiger charge is -2.03. The second-order valence-corrected chi connectivity index (χ2v) is 5.05. The van der Waals surface area contributed by atoms with Crippen LogP contribution in [0.1, 0.15) is 11.3 Å². The first-order valence-corrected chi connectivity index (χ1v) is 6.99. The molecule has 1 aromatic heterocycles. The van der Waals surface area contributed by atoms with Crippen LogP contribution >= 0.6 is 15.9 Å². The van der Waals surface area contributed by atoms with Gasteiger partial charge in [0.1, 0.15) is 12.4 Å². The minimum atomic E-state index is -0.444. The van der Waals surface area contributed by atoms with Gasteiger partial charge in [-0.05, 0) is 51.8 Å². The zero-order valence-corrected chi connectivity index (χ0v) is 12.5. The third kappa shape index (κ3) is 3.46. The molecule has 2 heterocycles. The molecule has 1 aliphatic rings. The Kier molecular flexibility index (Phi) is 3.96. The molecule has 21 heavy (non-hydrogen) atoms. The lowest BCUT2D eigenvalue weighted by atomic mass is 10.2. The Morgan fingerprint density at radius 2 is 2.10 bits per heavy atom. The van der Waals surface area contributed by atoms with E-state index in [-0.39, 0.29) is 13.4 Å². The van der Waals surface area contributed by atoms with Crippen LogP contribution in [0.5, 0.6) is 11.5 Å². The van der Waals surface area contributed by atoms with Crippen LogP contribution < -0.4 is 9.47 Å². The maximum absolute atomic E-state index is 11.6. The quantitative estimate of drug-likeness (QED) is 0.623. The van der Waals surface area contributed by atoms with Crippen LogP contribution in [0, 0.1) is 0 Å². The minimum absolute atomic E-state index is 0.168. The van der Waals surface area contributed by atoms with Gasteiger partial charge in [0, 0.05) is 6.08 Å². The van der Waals surface area contributed by atoms with Gasteiger partial charge in [-0.25, -0.2) is 4.79 Å². The van der Waals surface area contributed by atoms with Crippen molar-refractivity contribution in [3.63, 3.8) is 0 Å². The van der Waals surface area contributed by atoms with Crippen molar-refractivity contribution in [2.24, 2.45) is 0 Å². The number of furan rings is 1. The Morgan fingerprint density at radius 3 is 2.90 bits per heavy atom. The van der Waals surface area contributed by atoms with Crippen LogP contribution in [-0.4, -0.2) is 12.8 Å². The van der Waals surface area contributed by atoms with Gasteiger partial charge in [-0.1, -0.05) is 6.07 Å². The molecule has 0 saturated carbocycles. The summed E-state index contributed by atoms with van der Waals surface area (Å²) in [5.74, 6) is 1.50. The highest BCUT2D eigenvalue weighted by atomic mass is 79.9. The highest BCUT2D eigenvalue weighted by Crippen LogP contribution is 2.32. The Hall–Kier alpha value is -2.21. The molecule has 5 nitrogen and oxygen atoms in total. The lowest BCUT2D eigenvalue weighted by molar-refractivity contribution is -0.138. The van der Waals surface area contributed by atoms with Gasteiger partial charge in [-0.2, -0.15) is 0 Å². The van der Waals surface area contributed by atoms with Gasteiger partial charge < -0.3 is 18.6 Å². The number of ether oxygens (including phenoxy) is 3. The van der Waals surface area contributed by atoms with E-state index in [2.05, 4.69) is 15.9 Å². The van der Waals surface area contributed by atoms with E-state index < -0.39 is 5.97 Å². The van der Waals surface area contributed by atoms with E-state index in [1.807, 2.05) is 6.07 Å². The van der Waals surface area contributed by atoms with Crippen molar-refractivity contribution in [1.29, 1.82) is 0 Å². The summed E-state index contributed by atoms with van der Waals surface area (Å²) in [7, 11) is 0. The van der Waals surface area contributed by atoms with E-state index in [4.69, 9.17) is 18.6 Å². The zero-order valence-electron chi connectivity index (χ0n) is 10.9. The monoisotopic (exact) mass is 350 g/mol. The second kappa shape index (κ2) is 6.05. The standard InChI is InChI=1S/C15H11BrO5/c16-14-5-2-11(21-14)3-6-15(17)18-8-10-1-4-12-13(7-10)20-9-19-12/h1-7H,8-9H2/b6-3+. The molecule has 6 heteroatoms. The number of esters is 1. The summed E-state index contributed by atoms with van der Waals surface area (Å²) in [6, 6.07) is 8.90. The van der Waals surface area contributed by atoms with E-state index in [9.17, 15) is 4.79 Å². The molecule has 0 N–H and O–H groups in total. The third-order valence-electron chi connectivity index (χ3n) is 2.80. The van der Waals surface area contributed by atoms with Crippen LogP contribution in [0.4, 0.5) is 0 Å². The highest BCUT2D eigenvalue weighted by Gasteiger charge is 2.13. The lowest BCUT2D eigenvalue weighted by Crippen LogP contribution is -2.00. The van der Waals surface area contributed by atoms with Gasteiger partial charge in [0.05, 0.1) is 0 Å². The molecule has 1 aromatic carbocycles. The summed E-state index contributed by atoms with van der Waals surface area (Å²) in [6.07, 6.45) is 2.87. The molecule has 0 atom stereocenters. The van der Waals surface area contributed by atoms with E-state index in [1.165, 1.54) is 6.08 Å². The fourth-order valence-electron chi connectivity index (χ4n) is 1.80. The highest BCUT2D eigenvalue weighted by molar-refractivity contribution is 9.10. The van der Waals surface area contributed by atoms with Crippen molar-refractivity contribution >= 4 is 28.0 Å². The maximum atomic E-state index is 11.6. The normalized spacial score (nSPS) is 12.8. The Labute approximate surface area is 129 Å². The van der Waals surface area contributed by atoms with Crippen LogP contribution in [0.2, 0.25) is 0 Å². The number of hydrogen-bond acceptors (Lipinski definition) is 5. The molecule has 0 aliphatic carbocycles. The molecule has 0 bridgehead atoms. The zero-order chi connectivity index (χ0) is 14.7. The molecular formula is C15H11BrO5. The summed E-state index contributed by atoms with van der Waals surface area (Å²) in [5, 5.41) is 0. The third-order valence-corrected chi connectivity index (χ3v) is 3.22. The molecule has 3 rings (SSSR count). The Morgan fingerprint density at radius 1 is 1.24 bits per heavy atom. The van der Waals surface area contributed by atoms with Crippen molar-refractivity contribution in [1.82, 2.24) is 0 Å². The van der Waals surface area contributed by atoms with Crippen molar-refractivity contribution in [2.45, 2.75) is 6.61 Å². The summed E-state index contributed by atoms with van der Waals surface area (Å²) in [5.41, 5.74) is 0.835. The predicted molar refractivity (Wildman–Crippen MR) is 77.8 cm³/mol. The molecule has 1 aliphatic heterocycles.